The van der Waals surface area contributed by atoms with Crippen LogP contribution in [-0.2, 0) is 23.7 Å². The number of hydrogen-bond donors (Lipinski definition) is 3. The normalized spacial score (nSPS) is 11.3. The SMILES string of the molecule is CN(C)c1ccc2c(-c3cc(C(=O)NCCOCCOCCOCCOCCOCCN)ccc3C(=O)O)c3ccc(=[N+](C)C)cc-3oc2c1. The van der Waals surface area contributed by atoms with Crippen LogP contribution in [-0.4, -0.2) is 124 Å². The maximum Gasteiger partial charge on any atom is 0.336 e. The van der Waals surface area contributed by atoms with Crippen molar-refractivity contribution in [1.82, 2.24) is 9.89 Å². The van der Waals surface area contributed by atoms with E-state index in [0.29, 0.717) is 94.0 Å². The largest absolute Gasteiger partial charge is 0.478 e. The van der Waals surface area contributed by atoms with E-state index in [1.54, 1.807) is 6.07 Å². The van der Waals surface area contributed by atoms with Gasteiger partial charge >= 0.3 is 5.97 Å². The highest BCUT2D eigenvalue weighted by molar-refractivity contribution is 6.09. The van der Waals surface area contributed by atoms with E-state index in [4.69, 9.17) is 33.8 Å². The molecule has 0 unspecified atom stereocenters. The van der Waals surface area contributed by atoms with Crippen LogP contribution in [0.15, 0.2) is 59.0 Å². The second-order valence-electron chi connectivity index (χ2n) is 11.8. The maximum absolute atomic E-state index is 13.2. The van der Waals surface area contributed by atoms with Crippen LogP contribution in [0, 0.1) is 0 Å². The van der Waals surface area contributed by atoms with Gasteiger partial charge in [-0.05, 0) is 42.0 Å². The predicted molar refractivity (Wildman–Crippen MR) is 192 cm³/mol. The van der Waals surface area contributed by atoms with E-state index < -0.39 is 5.97 Å². The van der Waals surface area contributed by atoms with Crippen LogP contribution < -0.4 is 25.9 Å². The highest BCUT2D eigenvalue weighted by Gasteiger charge is 2.24. The van der Waals surface area contributed by atoms with Crippen LogP contribution in [0.2, 0.25) is 0 Å². The maximum atomic E-state index is 13.2. The van der Waals surface area contributed by atoms with Crippen molar-refractivity contribution < 1.29 is 42.8 Å². The molecule has 1 heterocycles. The highest BCUT2D eigenvalue weighted by atomic mass is 16.6. The Bertz CT molecular complexity index is 1750. The Morgan fingerprint density at radius 1 is 0.780 bits per heavy atom. The summed E-state index contributed by atoms with van der Waals surface area (Å²) in [4.78, 5) is 27.7. The molecular formula is C37H49N4O9+. The zero-order chi connectivity index (χ0) is 35.9. The number of aromatic carboxylic acids is 1. The van der Waals surface area contributed by atoms with Gasteiger partial charge in [-0.15, -0.1) is 0 Å². The second kappa shape index (κ2) is 19.7. The summed E-state index contributed by atoms with van der Waals surface area (Å²) in [5.41, 5.74) is 9.12. The number of nitrogens with zero attached hydrogens (tertiary/aromatic N) is 2. The van der Waals surface area contributed by atoms with E-state index in [1.807, 2.05) is 74.1 Å². The molecule has 0 fully saturated rings. The molecule has 1 amide bonds. The number of carbonyl (C=O) groups excluding carboxylic acids is 1. The van der Waals surface area contributed by atoms with Gasteiger partial charge in [0.05, 0.1) is 77.7 Å². The Kier molecular flexibility index (Phi) is 15.2. The topological polar surface area (TPSA) is 158 Å². The van der Waals surface area contributed by atoms with Gasteiger partial charge in [-0.3, -0.25) is 4.79 Å². The summed E-state index contributed by atoms with van der Waals surface area (Å²) in [7, 11) is 7.77. The smallest absolute Gasteiger partial charge is 0.336 e. The van der Waals surface area contributed by atoms with Crippen molar-refractivity contribution in [2.45, 2.75) is 0 Å². The molecule has 0 atom stereocenters. The molecule has 4 N–H and O–H groups in total. The second-order valence-corrected chi connectivity index (χ2v) is 11.8. The number of benzene rings is 3. The van der Waals surface area contributed by atoms with Gasteiger partial charge in [0, 0.05) is 67.1 Å². The van der Waals surface area contributed by atoms with Crippen molar-refractivity contribution >= 4 is 28.5 Å². The molecule has 13 heteroatoms. The summed E-state index contributed by atoms with van der Waals surface area (Å²) in [6, 6.07) is 16.2. The molecule has 2 aromatic rings. The number of rotatable bonds is 21. The van der Waals surface area contributed by atoms with Gasteiger partial charge in [-0.2, -0.15) is 0 Å². The fourth-order valence-electron chi connectivity index (χ4n) is 5.20. The van der Waals surface area contributed by atoms with Crippen molar-refractivity contribution in [3.05, 3.63) is 71.1 Å². The minimum atomic E-state index is -1.10. The first kappa shape index (κ1) is 38.4. The fraction of sp³-hybridized carbons (Fsp3) is 0.432. The number of carbonyl (C=O) groups is 2. The summed E-state index contributed by atoms with van der Waals surface area (Å²) >= 11 is 0. The summed E-state index contributed by atoms with van der Waals surface area (Å²) < 4.78 is 35.6. The third kappa shape index (κ3) is 10.8. The molecular weight excluding hydrogens is 644 g/mol. The third-order valence-corrected chi connectivity index (χ3v) is 7.79. The van der Waals surface area contributed by atoms with E-state index in [0.717, 1.165) is 22.0 Å². The van der Waals surface area contributed by atoms with Gasteiger partial charge < -0.3 is 49.2 Å². The Hall–Kier alpha value is -4.37. The Morgan fingerprint density at radius 2 is 1.40 bits per heavy atom. The minimum absolute atomic E-state index is 0.0787. The van der Waals surface area contributed by atoms with Crippen molar-refractivity contribution in [2.75, 3.05) is 112 Å². The molecule has 13 nitrogen and oxygen atoms in total. The highest BCUT2D eigenvalue weighted by Crippen LogP contribution is 2.42. The number of carboxylic acids is 1. The van der Waals surface area contributed by atoms with Gasteiger partial charge in [0.25, 0.3) is 5.91 Å². The first-order valence-electron chi connectivity index (χ1n) is 16.6. The van der Waals surface area contributed by atoms with Crippen LogP contribution in [0.25, 0.3) is 33.4 Å². The van der Waals surface area contributed by atoms with Gasteiger partial charge in [-0.25, -0.2) is 9.37 Å². The van der Waals surface area contributed by atoms with Crippen molar-refractivity contribution in [3.63, 3.8) is 0 Å². The summed E-state index contributed by atoms with van der Waals surface area (Å²) in [5.74, 6) is -0.841. The molecule has 2 aromatic carbocycles. The Balaban J connectivity index is 1.36. The molecule has 50 heavy (non-hydrogen) atoms. The molecule has 0 saturated heterocycles. The van der Waals surface area contributed by atoms with E-state index >= 15 is 0 Å². The van der Waals surface area contributed by atoms with E-state index in [-0.39, 0.29) is 24.6 Å². The minimum Gasteiger partial charge on any atom is -0.478 e. The number of carboxylic acid groups (broad SMARTS) is 1. The monoisotopic (exact) mass is 693 g/mol. The Morgan fingerprint density at radius 3 is 1.98 bits per heavy atom. The molecule has 0 spiro atoms. The van der Waals surface area contributed by atoms with Crippen molar-refractivity contribution in [1.29, 1.82) is 0 Å². The van der Waals surface area contributed by atoms with Gasteiger partial charge in [0.1, 0.15) is 25.4 Å². The summed E-state index contributed by atoms with van der Waals surface area (Å²) in [6.45, 7) is 5.20. The molecule has 0 bridgehead atoms. The van der Waals surface area contributed by atoms with Gasteiger partial charge in [-0.1, -0.05) is 0 Å². The van der Waals surface area contributed by atoms with E-state index in [1.165, 1.54) is 12.1 Å². The number of anilines is 1. The molecule has 2 aliphatic rings. The van der Waals surface area contributed by atoms with Crippen LogP contribution in [0.5, 0.6) is 0 Å². The standard InChI is InChI=1S/C37H48N4O9/c1-40(2)27-6-9-30-33(24-27)50-34-25-28(41(3)4)7-10-31(34)35(30)32-23-26(5-8-29(32)37(43)44)36(42)39-12-14-46-16-18-48-20-22-49-21-19-47-17-15-45-13-11-38/h5-10,23-25H,11-22,38H2,1-4H3,(H-,39,42,43,44)/p+1. The quantitative estimate of drug-likeness (QED) is 0.0670. The number of fused-ring (bicyclic) bond motifs is 2. The molecule has 270 valence electrons. The van der Waals surface area contributed by atoms with Crippen LogP contribution >= 0.6 is 0 Å². The summed E-state index contributed by atoms with van der Waals surface area (Å²) in [5, 5.41) is 14.7. The zero-order valence-corrected chi connectivity index (χ0v) is 29.4. The molecule has 0 radical (unpaired) electrons. The fourth-order valence-corrected chi connectivity index (χ4v) is 5.20. The lowest BCUT2D eigenvalue weighted by Gasteiger charge is -2.19. The third-order valence-electron chi connectivity index (χ3n) is 7.79. The van der Waals surface area contributed by atoms with E-state index in [9.17, 15) is 14.7 Å². The molecule has 1 aliphatic carbocycles. The predicted octanol–water partition coefficient (Wildman–Crippen LogP) is 2.77. The lowest BCUT2D eigenvalue weighted by molar-refractivity contribution is -0.0102. The molecule has 4 rings (SSSR count). The van der Waals surface area contributed by atoms with Crippen LogP contribution in [0.4, 0.5) is 5.69 Å². The lowest BCUT2D eigenvalue weighted by atomic mass is 9.89. The average molecular weight is 694 g/mol. The molecule has 0 saturated carbocycles. The molecule has 1 aliphatic heterocycles. The van der Waals surface area contributed by atoms with Gasteiger partial charge in [0.2, 0.25) is 5.36 Å². The number of ether oxygens (including phenoxy) is 5. The number of nitrogens with two attached hydrogens (primary N) is 1. The first-order chi connectivity index (χ1) is 24.2. The van der Waals surface area contributed by atoms with Crippen molar-refractivity contribution in [2.24, 2.45) is 5.73 Å². The summed E-state index contributed by atoms with van der Waals surface area (Å²) in [6.07, 6.45) is 0. The average Bonchev–Trinajstić information content (AvgIpc) is 3.10. The number of amides is 1. The van der Waals surface area contributed by atoms with Crippen LogP contribution in [0.1, 0.15) is 20.7 Å². The number of nitrogens with one attached hydrogen (secondary N) is 1. The first-order valence-corrected chi connectivity index (χ1v) is 16.6. The Labute approximate surface area is 292 Å². The molecule has 0 aromatic heterocycles. The lowest BCUT2D eigenvalue weighted by Crippen LogP contribution is -2.27. The van der Waals surface area contributed by atoms with E-state index in [2.05, 4.69) is 5.32 Å². The zero-order valence-electron chi connectivity index (χ0n) is 29.4. The van der Waals surface area contributed by atoms with Crippen molar-refractivity contribution in [3.8, 4) is 22.5 Å². The number of hydrogen-bond acceptors (Lipinski definition) is 10. The van der Waals surface area contributed by atoms with Gasteiger partial charge in [0.15, 0.2) is 0 Å². The van der Waals surface area contributed by atoms with Crippen LogP contribution in [0.3, 0.4) is 0 Å².